The van der Waals surface area contributed by atoms with Gasteiger partial charge < -0.3 is 15.7 Å². The van der Waals surface area contributed by atoms with Crippen LogP contribution in [-0.4, -0.2) is 67.4 Å². The largest absolute Gasteiger partial charge is 0.388 e. The standard InChI is InChI=1S/C18H36N4O3S/c1-3-14-26(24,25)22-12-8-16(9-13-22)21-17(19-4-2)20-15-18(23)10-6-5-7-11-18/h16,23H,3-15H2,1-2H3,(H2,19,20,21). The molecule has 0 radical (unpaired) electrons. The second-order valence-corrected chi connectivity index (χ2v) is 9.70. The Kier molecular flexibility index (Phi) is 8.16. The molecule has 2 rings (SSSR count). The normalized spacial score (nSPS) is 23.0. The summed E-state index contributed by atoms with van der Waals surface area (Å²) in [5, 5.41) is 17.3. The van der Waals surface area contributed by atoms with Crippen LogP contribution in [0.25, 0.3) is 0 Å². The fourth-order valence-electron chi connectivity index (χ4n) is 3.77. The third-order valence-corrected chi connectivity index (χ3v) is 7.39. The lowest BCUT2D eigenvalue weighted by molar-refractivity contribution is 0.0131. The zero-order valence-electron chi connectivity index (χ0n) is 16.3. The van der Waals surface area contributed by atoms with Crippen molar-refractivity contribution in [1.82, 2.24) is 14.9 Å². The summed E-state index contributed by atoms with van der Waals surface area (Å²) >= 11 is 0. The van der Waals surface area contributed by atoms with Crippen LogP contribution in [0.15, 0.2) is 4.99 Å². The van der Waals surface area contributed by atoms with Crippen LogP contribution in [-0.2, 0) is 10.0 Å². The molecule has 8 heteroatoms. The minimum Gasteiger partial charge on any atom is -0.388 e. The van der Waals surface area contributed by atoms with Gasteiger partial charge in [0.2, 0.25) is 10.0 Å². The van der Waals surface area contributed by atoms with Gasteiger partial charge in [0.15, 0.2) is 5.96 Å². The van der Waals surface area contributed by atoms with Gasteiger partial charge in [0, 0.05) is 25.7 Å². The molecule has 0 aromatic heterocycles. The molecule has 1 aliphatic carbocycles. The molecule has 2 aliphatic rings. The molecule has 7 nitrogen and oxygen atoms in total. The Hall–Kier alpha value is -0.860. The van der Waals surface area contributed by atoms with E-state index in [1.807, 2.05) is 13.8 Å². The summed E-state index contributed by atoms with van der Waals surface area (Å²) in [4.78, 5) is 4.61. The summed E-state index contributed by atoms with van der Waals surface area (Å²) in [6.07, 6.45) is 7.19. The second kappa shape index (κ2) is 9.90. The zero-order valence-corrected chi connectivity index (χ0v) is 17.2. The maximum absolute atomic E-state index is 12.2. The van der Waals surface area contributed by atoms with Crippen LogP contribution in [0.5, 0.6) is 0 Å². The van der Waals surface area contributed by atoms with E-state index < -0.39 is 15.6 Å². The van der Waals surface area contributed by atoms with E-state index in [9.17, 15) is 13.5 Å². The maximum atomic E-state index is 12.2. The van der Waals surface area contributed by atoms with Crippen molar-refractivity contribution in [3.8, 4) is 0 Å². The number of hydrogen-bond acceptors (Lipinski definition) is 4. The molecular weight excluding hydrogens is 352 g/mol. The Bertz CT molecular complexity index is 551. The predicted molar refractivity (Wildman–Crippen MR) is 106 cm³/mol. The Labute approximate surface area is 158 Å². The molecule has 3 N–H and O–H groups in total. The van der Waals surface area contributed by atoms with Crippen molar-refractivity contribution in [2.24, 2.45) is 4.99 Å². The minimum absolute atomic E-state index is 0.210. The van der Waals surface area contributed by atoms with Crippen LogP contribution in [0.1, 0.15) is 65.2 Å². The molecule has 0 aromatic rings. The number of guanidine groups is 1. The molecule has 0 amide bonds. The first kappa shape index (κ1) is 21.4. The zero-order chi connectivity index (χ0) is 19.0. The van der Waals surface area contributed by atoms with Crippen molar-refractivity contribution in [1.29, 1.82) is 0 Å². The van der Waals surface area contributed by atoms with E-state index in [4.69, 9.17) is 0 Å². The molecule has 1 heterocycles. The lowest BCUT2D eigenvalue weighted by Gasteiger charge is -2.33. The molecule has 2 fully saturated rings. The Morgan fingerprint density at radius 3 is 2.42 bits per heavy atom. The average molecular weight is 389 g/mol. The third-order valence-electron chi connectivity index (χ3n) is 5.31. The summed E-state index contributed by atoms with van der Waals surface area (Å²) in [6.45, 7) is 6.21. The minimum atomic E-state index is -3.10. The third kappa shape index (κ3) is 6.39. The van der Waals surface area contributed by atoms with E-state index in [0.717, 1.165) is 51.0 Å². The molecule has 0 unspecified atom stereocenters. The van der Waals surface area contributed by atoms with Gasteiger partial charge in [-0.15, -0.1) is 0 Å². The number of nitrogens with one attached hydrogen (secondary N) is 2. The smallest absolute Gasteiger partial charge is 0.214 e. The average Bonchev–Trinajstić information content (AvgIpc) is 2.61. The van der Waals surface area contributed by atoms with Gasteiger partial charge in [0.25, 0.3) is 0 Å². The Morgan fingerprint density at radius 2 is 1.85 bits per heavy atom. The number of sulfonamides is 1. The number of piperidine rings is 1. The van der Waals surface area contributed by atoms with E-state index in [2.05, 4.69) is 15.6 Å². The monoisotopic (exact) mass is 388 g/mol. The molecule has 152 valence electrons. The van der Waals surface area contributed by atoms with Crippen molar-refractivity contribution in [2.75, 3.05) is 31.9 Å². The first-order chi connectivity index (χ1) is 12.4. The van der Waals surface area contributed by atoms with Crippen molar-refractivity contribution >= 4 is 16.0 Å². The molecule has 0 aromatic carbocycles. The van der Waals surface area contributed by atoms with Gasteiger partial charge in [-0.25, -0.2) is 12.7 Å². The molecule has 1 saturated carbocycles. The van der Waals surface area contributed by atoms with E-state index in [1.165, 1.54) is 6.42 Å². The molecule has 0 spiro atoms. The van der Waals surface area contributed by atoms with Gasteiger partial charge in [0.05, 0.1) is 17.9 Å². The highest BCUT2D eigenvalue weighted by Gasteiger charge is 2.30. The Balaban J connectivity index is 1.87. The fraction of sp³-hybridized carbons (Fsp3) is 0.944. The number of hydrogen-bond donors (Lipinski definition) is 3. The van der Waals surface area contributed by atoms with Crippen LogP contribution in [0, 0.1) is 0 Å². The number of rotatable bonds is 7. The fourth-order valence-corrected chi connectivity index (χ4v) is 5.31. The second-order valence-electron chi connectivity index (χ2n) is 7.61. The van der Waals surface area contributed by atoms with Gasteiger partial charge in [-0.2, -0.15) is 0 Å². The molecule has 0 bridgehead atoms. The number of aliphatic imine (C=N–C) groups is 1. The summed E-state index contributed by atoms with van der Waals surface area (Å²) in [5.41, 5.74) is -0.668. The van der Waals surface area contributed by atoms with Crippen LogP contribution >= 0.6 is 0 Å². The van der Waals surface area contributed by atoms with Gasteiger partial charge in [-0.05, 0) is 39.0 Å². The number of nitrogens with zero attached hydrogens (tertiary/aromatic N) is 2. The molecule has 1 aliphatic heterocycles. The van der Waals surface area contributed by atoms with Crippen LogP contribution < -0.4 is 10.6 Å². The molecule has 1 saturated heterocycles. The van der Waals surface area contributed by atoms with E-state index in [1.54, 1.807) is 4.31 Å². The van der Waals surface area contributed by atoms with E-state index in [0.29, 0.717) is 26.1 Å². The van der Waals surface area contributed by atoms with Crippen molar-refractivity contribution in [3.63, 3.8) is 0 Å². The van der Waals surface area contributed by atoms with E-state index in [-0.39, 0.29) is 11.8 Å². The first-order valence-corrected chi connectivity index (χ1v) is 11.7. The maximum Gasteiger partial charge on any atom is 0.214 e. The highest BCUT2D eigenvalue weighted by atomic mass is 32.2. The SMILES string of the molecule is CCCS(=O)(=O)N1CCC(NC(=NCC2(O)CCCCC2)NCC)CC1. The van der Waals surface area contributed by atoms with Crippen molar-refractivity contribution in [3.05, 3.63) is 0 Å². The van der Waals surface area contributed by atoms with Crippen LogP contribution in [0.4, 0.5) is 0 Å². The van der Waals surface area contributed by atoms with Crippen molar-refractivity contribution in [2.45, 2.75) is 76.9 Å². The highest BCUT2D eigenvalue weighted by Crippen LogP contribution is 2.28. The number of aliphatic hydroxyl groups is 1. The summed E-state index contributed by atoms with van der Waals surface area (Å²) in [6, 6.07) is 0.210. The predicted octanol–water partition coefficient (Wildman–Crippen LogP) is 1.44. The van der Waals surface area contributed by atoms with Crippen LogP contribution in [0.3, 0.4) is 0 Å². The summed E-state index contributed by atoms with van der Waals surface area (Å²) < 4.78 is 26.0. The van der Waals surface area contributed by atoms with Gasteiger partial charge >= 0.3 is 0 Å². The van der Waals surface area contributed by atoms with E-state index >= 15 is 0 Å². The molecule has 0 atom stereocenters. The quantitative estimate of drug-likeness (QED) is 0.453. The lowest BCUT2D eigenvalue weighted by Crippen LogP contribution is -2.50. The summed E-state index contributed by atoms with van der Waals surface area (Å²) in [5.74, 6) is 0.953. The van der Waals surface area contributed by atoms with Gasteiger partial charge in [-0.3, -0.25) is 4.99 Å². The highest BCUT2D eigenvalue weighted by molar-refractivity contribution is 7.89. The molecule has 26 heavy (non-hydrogen) atoms. The van der Waals surface area contributed by atoms with Crippen molar-refractivity contribution < 1.29 is 13.5 Å². The lowest BCUT2D eigenvalue weighted by atomic mass is 9.85. The van der Waals surface area contributed by atoms with Gasteiger partial charge in [0.1, 0.15) is 0 Å². The Morgan fingerprint density at radius 1 is 1.19 bits per heavy atom. The topological polar surface area (TPSA) is 94.0 Å². The van der Waals surface area contributed by atoms with Crippen LogP contribution in [0.2, 0.25) is 0 Å². The summed E-state index contributed by atoms with van der Waals surface area (Å²) in [7, 11) is -3.10. The first-order valence-electron chi connectivity index (χ1n) is 10.1. The molecular formula is C18H36N4O3S. The van der Waals surface area contributed by atoms with Gasteiger partial charge in [-0.1, -0.05) is 26.2 Å².